The molecule has 0 rings (SSSR count). The first-order chi connectivity index (χ1) is 34.5. The summed E-state index contributed by atoms with van der Waals surface area (Å²) in [4.78, 5) is 26.3. The van der Waals surface area contributed by atoms with Gasteiger partial charge < -0.3 is 20.3 Å². The number of carbonyl (C=O) groups excluding carboxylic acids is 2. The minimum Gasteiger partial charge on any atom is -0.462 e. The lowest BCUT2D eigenvalue weighted by Gasteiger charge is -2.24. The molecule has 70 heavy (non-hydrogen) atoms. The van der Waals surface area contributed by atoms with E-state index >= 15 is 0 Å². The molecule has 0 aliphatic heterocycles. The molecular formula is C64H109NO5. The number of aliphatic hydroxyl groups excluding tert-OH is 2. The van der Waals surface area contributed by atoms with Gasteiger partial charge in [0, 0.05) is 6.42 Å². The van der Waals surface area contributed by atoms with Crippen molar-refractivity contribution >= 4 is 11.9 Å². The third-order valence-corrected chi connectivity index (χ3v) is 12.8. The van der Waals surface area contributed by atoms with Crippen LogP contribution in [-0.2, 0) is 14.3 Å². The molecule has 0 spiro atoms. The molecule has 0 saturated heterocycles. The van der Waals surface area contributed by atoms with Gasteiger partial charge in [-0.1, -0.05) is 284 Å². The second kappa shape index (κ2) is 56.4. The third kappa shape index (κ3) is 50.9. The highest BCUT2D eigenvalue weighted by molar-refractivity contribution is 5.77. The number of allylic oxidation sites excluding steroid dienone is 18. The number of nitrogens with one attached hydrogen (secondary N) is 1. The van der Waals surface area contributed by atoms with Crippen molar-refractivity contribution in [2.45, 2.75) is 277 Å². The highest BCUT2D eigenvalue weighted by Gasteiger charge is 2.24. The molecule has 0 aliphatic carbocycles. The van der Waals surface area contributed by atoms with E-state index in [2.05, 4.69) is 99.0 Å². The topological polar surface area (TPSA) is 95.9 Å². The third-order valence-electron chi connectivity index (χ3n) is 12.8. The SMILES string of the molecule is CCC/C=C/C=C/C=C/C=C/C=C/CCCCCC(CC(=O)NC(CO)C(O)CCCCCCCCCCCCCCCCCCC)OC(=O)CCCCCCC/C=C/C=C/C=C/C=C/CCCCC. The Morgan fingerprint density at radius 2 is 0.757 bits per heavy atom. The molecule has 3 N–H and O–H groups in total. The van der Waals surface area contributed by atoms with Crippen LogP contribution in [-0.4, -0.2) is 46.9 Å². The number of aliphatic hydroxyl groups is 2. The maximum Gasteiger partial charge on any atom is 0.306 e. The molecule has 0 aromatic heterocycles. The van der Waals surface area contributed by atoms with E-state index in [0.29, 0.717) is 19.3 Å². The van der Waals surface area contributed by atoms with Gasteiger partial charge in [-0.25, -0.2) is 0 Å². The van der Waals surface area contributed by atoms with Crippen LogP contribution in [0.15, 0.2) is 109 Å². The summed E-state index contributed by atoms with van der Waals surface area (Å²) >= 11 is 0. The number of esters is 1. The number of hydrogen-bond donors (Lipinski definition) is 3. The number of unbranched alkanes of at least 4 members (excludes halogenated alkanes) is 28. The lowest BCUT2D eigenvalue weighted by atomic mass is 10.0. The van der Waals surface area contributed by atoms with Gasteiger partial charge in [0.1, 0.15) is 6.10 Å². The van der Waals surface area contributed by atoms with Gasteiger partial charge in [0.15, 0.2) is 0 Å². The van der Waals surface area contributed by atoms with Crippen molar-refractivity contribution in [2.24, 2.45) is 0 Å². The van der Waals surface area contributed by atoms with E-state index in [1.54, 1.807) is 0 Å². The van der Waals surface area contributed by atoms with Crippen molar-refractivity contribution in [1.82, 2.24) is 5.32 Å². The molecule has 0 heterocycles. The molecule has 3 unspecified atom stereocenters. The van der Waals surface area contributed by atoms with Gasteiger partial charge in [-0.15, -0.1) is 0 Å². The Kier molecular flexibility index (Phi) is 53.6. The molecule has 6 heteroatoms. The Morgan fingerprint density at radius 1 is 0.414 bits per heavy atom. The molecular weight excluding hydrogens is 863 g/mol. The fourth-order valence-corrected chi connectivity index (χ4v) is 8.36. The fraction of sp³-hybridized carbons (Fsp3) is 0.688. The minimum absolute atomic E-state index is 0.0334. The Hall–Kier alpha value is -3.48. The van der Waals surface area contributed by atoms with Crippen LogP contribution in [0.5, 0.6) is 0 Å². The zero-order chi connectivity index (χ0) is 50.9. The fourth-order valence-electron chi connectivity index (χ4n) is 8.36. The molecule has 400 valence electrons. The number of rotatable bonds is 51. The summed E-state index contributed by atoms with van der Waals surface area (Å²) < 4.78 is 5.93. The number of amides is 1. The highest BCUT2D eigenvalue weighted by Crippen LogP contribution is 2.18. The molecule has 0 fully saturated rings. The van der Waals surface area contributed by atoms with E-state index in [1.807, 2.05) is 36.5 Å². The minimum atomic E-state index is -0.813. The zero-order valence-electron chi connectivity index (χ0n) is 45.6. The van der Waals surface area contributed by atoms with E-state index < -0.39 is 18.2 Å². The first-order valence-corrected chi connectivity index (χ1v) is 29.2. The number of hydrogen-bond acceptors (Lipinski definition) is 5. The van der Waals surface area contributed by atoms with Gasteiger partial charge in [-0.05, 0) is 70.6 Å². The molecule has 0 radical (unpaired) electrons. The lowest BCUT2D eigenvalue weighted by Crippen LogP contribution is -2.46. The summed E-state index contributed by atoms with van der Waals surface area (Å²) in [5, 5.41) is 23.9. The van der Waals surface area contributed by atoms with Crippen molar-refractivity contribution in [3.05, 3.63) is 109 Å². The Labute approximate surface area is 432 Å². The van der Waals surface area contributed by atoms with Crippen molar-refractivity contribution in [3.8, 4) is 0 Å². The molecule has 0 aromatic carbocycles. The summed E-state index contributed by atoms with van der Waals surface area (Å²) in [6.45, 7) is 6.36. The first-order valence-electron chi connectivity index (χ1n) is 29.2. The van der Waals surface area contributed by atoms with Crippen LogP contribution in [0.25, 0.3) is 0 Å². The smallest absolute Gasteiger partial charge is 0.306 e. The predicted molar refractivity (Wildman–Crippen MR) is 305 cm³/mol. The van der Waals surface area contributed by atoms with Crippen molar-refractivity contribution in [3.63, 3.8) is 0 Å². The standard InChI is InChI=1S/C64H109NO5/c1-4-7-10-13-16-19-22-25-28-31-33-36-39-42-45-48-51-54-57-64(69)70-60(55-52-49-46-43-40-37-34-30-27-24-21-18-15-12-9-6-3)58-63(68)65-61(59-66)62(67)56-53-50-47-44-41-38-35-32-29-26-23-20-17-14-11-8-5-2/h12,15-16,18-19,21-22,24-25,27-28,30-31,33-34,36-37,40,60-62,66-67H,4-11,13-14,17,20,23,26,29,32,35,38-39,41-59H2,1-3H3,(H,65,68)/b15-12+,19-16+,21-18+,25-22+,27-24+,31-28+,34-30+,36-33+,40-37+. The monoisotopic (exact) mass is 972 g/mol. The van der Waals surface area contributed by atoms with Crippen LogP contribution in [0.3, 0.4) is 0 Å². The van der Waals surface area contributed by atoms with Gasteiger partial charge >= 0.3 is 5.97 Å². The summed E-state index contributed by atoms with van der Waals surface area (Å²) in [6, 6.07) is -0.730. The van der Waals surface area contributed by atoms with Gasteiger partial charge in [0.2, 0.25) is 5.91 Å². The first kappa shape index (κ1) is 66.5. The van der Waals surface area contributed by atoms with Crippen LogP contribution in [0.2, 0.25) is 0 Å². The Balaban J connectivity index is 4.70. The summed E-state index contributed by atoms with van der Waals surface area (Å²) in [7, 11) is 0. The summed E-state index contributed by atoms with van der Waals surface area (Å²) in [5.74, 6) is -0.546. The molecule has 1 amide bonds. The largest absolute Gasteiger partial charge is 0.462 e. The summed E-state index contributed by atoms with van der Waals surface area (Å²) in [6.07, 6.45) is 77.1. The Morgan fingerprint density at radius 3 is 1.20 bits per heavy atom. The highest BCUT2D eigenvalue weighted by atomic mass is 16.5. The quantitative estimate of drug-likeness (QED) is 0.0321. The van der Waals surface area contributed by atoms with Crippen LogP contribution in [0.1, 0.15) is 258 Å². The van der Waals surface area contributed by atoms with Gasteiger partial charge in [0.05, 0.1) is 25.2 Å². The van der Waals surface area contributed by atoms with Gasteiger partial charge in [0.25, 0.3) is 0 Å². The number of carbonyl (C=O) groups is 2. The van der Waals surface area contributed by atoms with Crippen LogP contribution >= 0.6 is 0 Å². The zero-order valence-corrected chi connectivity index (χ0v) is 45.6. The predicted octanol–water partition coefficient (Wildman–Crippen LogP) is 18.2. The Bertz CT molecular complexity index is 1420. The van der Waals surface area contributed by atoms with Crippen LogP contribution in [0.4, 0.5) is 0 Å². The molecule has 0 aliphatic rings. The number of ether oxygens (including phenoxy) is 1. The van der Waals surface area contributed by atoms with Gasteiger partial charge in [-0.2, -0.15) is 0 Å². The lowest BCUT2D eigenvalue weighted by molar-refractivity contribution is -0.151. The molecule has 0 saturated carbocycles. The second-order valence-electron chi connectivity index (χ2n) is 19.6. The van der Waals surface area contributed by atoms with E-state index in [9.17, 15) is 19.8 Å². The maximum absolute atomic E-state index is 13.3. The van der Waals surface area contributed by atoms with Crippen molar-refractivity contribution < 1.29 is 24.5 Å². The summed E-state index contributed by atoms with van der Waals surface area (Å²) in [5.41, 5.74) is 0. The molecule has 0 bridgehead atoms. The van der Waals surface area contributed by atoms with E-state index in [0.717, 1.165) is 103 Å². The molecule has 6 nitrogen and oxygen atoms in total. The van der Waals surface area contributed by atoms with E-state index in [-0.39, 0.29) is 24.9 Å². The molecule has 3 atom stereocenters. The average Bonchev–Trinajstić information content (AvgIpc) is 3.35. The van der Waals surface area contributed by atoms with E-state index in [4.69, 9.17) is 4.74 Å². The van der Waals surface area contributed by atoms with Gasteiger partial charge in [-0.3, -0.25) is 9.59 Å². The van der Waals surface area contributed by atoms with Crippen molar-refractivity contribution in [2.75, 3.05) is 6.61 Å². The maximum atomic E-state index is 13.3. The van der Waals surface area contributed by atoms with Crippen LogP contribution in [0, 0.1) is 0 Å². The van der Waals surface area contributed by atoms with E-state index in [1.165, 1.54) is 109 Å². The van der Waals surface area contributed by atoms with Crippen LogP contribution < -0.4 is 5.32 Å². The normalized spacial score (nSPS) is 14.0. The molecule has 0 aromatic rings. The average molecular weight is 973 g/mol. The second-order valence-corrected chi connectivity index (χ2v) is 19.6. The van der Waals surface area contributed by atoms with Crippen molar-refractivity contribution in [1.29, 1.82) is 0 Å².